The zero-order valence-corrected chi connectivity index (χ0v) is 18.8. The number of phenols is 1. The summed E-state index contributed by atoms with van der Waals surface area (Å²) in [6, 6.07) is 13.7. The number of nitrogens with one attached hydrogen (secondary N) is 1. The Kier molecular flexibility index (Phi) is 6.65. The van der Waals surface area contributed by atoms with Gasteiger partial charge in [0.25, 0.3) is 0 Å². The van der Waals surface area contributed by atoms with Gasteiger partial charge in [-0.1, -0.05) is 30.3 Å². The van der Waals surface area contributed by atoms with Gasteiger partial charge < -0.3 is 15.3 Å². The Morgan fingerprint density at radius 1 is 1.13 bits per heavy atom. The normalized spacial score (nSPS) is 15.2. The van der Waals surface area contributed by atoms with Crippen molar-refractivity contribution in [1.29, 1.82) is 0 Å². The minimum atomic E-state index is -0.194. The van der Waals surface area contributed by atoms with Gasteiger partial charge in [-0.25, -0.2) is 4.98 Å². The summed E-state index contributed by atoms with van der Waals surface area (Å²) >= 11 is 1.54. The Morgan fingerprint density at radius 3 is 2.61 bits per heavy atom. The van der Waals surface area contributed by atoms with Gasteiger partial charge in [0.15, 0.2) is 0 Å². The summed E-state index contributed by atoms with van der Waals surface area (Å²) in [5.41, 5.74) is 4.50. The lowest BCUT2D eigenvalue weighted by Crippen LogP contribution is -2.43. The number of hydrogen-bond acceptors (Lipinski definition) is 6. The van der Waals surface area contributed by atoms with E-state index in [2.05, 4.69) is 51.4 Å². The van der Waals surface area contributed by atoms with Crippen LogP contribution in [0.4, 0.5) is 5.69 Å². The Morgan fingerprint density at radius 2 is 1.87 bits per heavy atom. The van der Waals surface area contributed by atoms with Crippen LogP contribution in [0, 0.1) is 6.92 Å². The third-order valence-corrected chi connectivity index (χ3v) is 6.46. The molecule has 0 radical (unpaired) electrons. The number of aromatic nitrogens is 1. The van der Waals surface area contributed by atoms with Crippen molar-refractivity contribution in [2.45, 2.75) is 19.9 Å². The molecule has 2 heterocycles. The van der Waals surface area contributed by atoms with Crippen LogP contribution in [0.1, 0.15) is 16.8 Å². The second-order valence-electron chi connectivity index (χ2n) is 8.17. The topological polar surface area (TPSA) is 68.7 Å². The lowest BCUT2D eigenvalue weighted by atomic mass is 10.1. The SMILES string of the molecule is Cc1ccc(O)c(NC(=O)Cc2csc(-c3ccc(CN4CCN(C)CC4)cc3)n2)c1. The van der Waals surface area contributed by atoms with E-state index in [1.54, 1.807) is 29.5 Å². The first-order valence-corrected chi connectivity index (χ1v) is 11.4. The van der Waals surface area contributed by atoms with Crippen LogP contribution in [0.2, 0.25) is 0 Å². The van der Waals surface area contributed by atoms with Crippen LogP contribution in [0.25, 0.3) is 10.6 Å². The summed E-state index contributed by atoms with van der Waals surface area (Å²) in [5, 5.41) is 15.5. The average molecular weight is 437 g/mol. The molecule has 0 spiro atoms. The standard InChI is InChI=1S/C24H28N4O2S/c1-17-3-8-22(29)21(13-17)26-23(30)14-20-16-31-24(25-20)19-6-4-18(5-7-19)15-28-11-9-27(2)10-12-28/h3-8,13,16,29H,9-12,14-15H2,1-2H3,(H,26,30). The molecule has 2 N–H and O–H groups in total. The van der Waals surface area contributed by atoms with Crippen LogP contribution in [0.15, 0.2) is 47.8 Å². The highest BCUT2D eigenvalue weighted by Gasteiger charge is 2.14. The first kappa shape index (κ1) is 21.5. The number of carbonyl (C=O) groups is 1. The maximum atomic E-state index is 12.4. The molecule has 0 saturated carbocycles. The van der Waals surface area contributed by atoms with Gasteiger partial charge in [-0.3, -0.25) is 9.69 Å². The van der Waals surface area contributed by atoms with Crippen LogP contribution in [-0.2, 0) is 17.8 Å². The Hall–Kier alpha value is -2.74. The number of phenolic OH excluding ortho intramolecular Hbond substituents is 1. The number of nitrogens with zero attached hydrogens (tertiary/aromatic N) is 3. The molecule has 3 aromatic rings. The number of rotatable bonds is 6. The molecule has 31 heavy (non-hydrogen) atoms. The van der Waals surface area contributed by atoms with Crippen LogP contribution >= 0.6 is 11.3 Å². The van der Waals surface area contributed by atoms with Gasteiger partial charge in [0.1, 0.15) is 10.8 Å². The van der Waals surface area contributed by atoms with Crippen molar-refractivity contribution in [3.8, 4) is 16.3 Å². The van der Waals surface area contributed by atoms with Gasteiger partial charge >= 0.3 is 0 Å². The summed E-state index contributed by atoms with van der Waals surface area (Å²) in [5.74, 6) is -0.130. The van der Waals surface area contributed by atoms with Gasteiger partial charge in [-0.15, -0.1) is 11.3 Å². The molecule has 7 heteroatoms. The number of aromatic hydroxyl groups is 1. The molecule has 0 bridgehead atoms. The molecular formula is C24H28N4O2S. The zero-order chi connectivity index (χ0) is 21.8. The Balaban J connectivity index is 1.34. The van der Waals surface area contributed by atoms with E-state index in [0.717, 1.165) is 54.6 Å². The Bertz CT molecular complexity index is 1040. The quantitative estimate of drug-likeness (QED) is 0.576. The van der Waals surface area contributed by atoms with Crippen molar-refractivity contribution in [2.24, 2.45) is 0 Å². The van der Waals surface area contributed by atoms with Crippen molar-refractivity contribution < 1.29 is 9.90 Å². The van der Waals surface area contributed by atoms with Crippen molar-refractivity contribution >= 4 is 22.9 Å². The van der Waals surface area contributed by atoms with Gasteiger partial charge in [-0.2, -0.15) is 0 Å². The first-order chi connectivity index (χ1) is 15.0. The predicted octanol–water partition coefficient (Wildman–Crippen LogP) is 3.75. The van der Waals surface area contributed by atoms with E-state index in [1.165, 1.54) is 5.56 Å². The molecular weight excluding hydrogens is 408 g/mol. The van der Waals surface area contributed by atoms with Crippen LogP contribution in [-0.4, -0.2) is 59.0 Å². The highest BCUT2D eigenvalue weighted by Crippen LogP contribution is 2.26. The average Bonchev–Trinajstić information content (AvgIpc) is 3.21. The van der Waals surface area contributed by atoms with E-state index in [9.17, 15) is 9.90 Å². The number of aryl methyl sites for hydroxylation is 1. The second-order valence-corrected chi connectivity index (χ2v) is 9.02. The van der Waals surface area contributed by atoms with Gasteiger partial charge in [0.05, 0.1) is 17.8 Å². The molecule has 1 aliphatic rings. The van der Waals surface area contributed by atoms with Crippen molar-refractivity contribution in [1.82, 2.24) is 14.8 Å². The van der Waals surface area contributed by atoms with E-state index in [-0.39, 0.29) is 18.1 Å². The summed E-state index contributed by atoms with van der Waals surface area (Å²) in [6.07, 6.45) is 0.172. The summed E-state index contributed by atoms with van der Waals surface area (Å²) in [7, 11) is 2.17. The molecule has 1 aromatic heterocycles. The van der Waals surface area contributed by atoms with E-state index in [0.29, 0.717) is 5.69 Å². The fourth-order valence-electron chi connectivity index (χ4n) is 3.65. The molecule has 4 rings (SSSR count). The van der Waals surface area contributed by atoms with E-state index < -0.39 is 0 Å². The molecule has 2 aromatic carbocycles. The fourth-order valence-corrected chi connectivity index (χ4v) is 4.47. The fraction of sp³-hybridized carbons (Fsp3) is 0.333. The van der Waals surface area contributed by atoms with Crippen molar-refractivity contribution in [2.75, 3.05) is 38.5 Å². The molecule has 0 aliphatic carbocycles. The molecule has 1 saturated heterocycles. The molecule has 1 fully saturated rings. The lowest BCUT2D eigenvalue weighted by Gasteiger charge is -2.32. The van der Waals surface area contributed by atoms with Gasteiger partial charge in [-0.05, 0) is 37.2 Å². The molecule has 1 amide bonds. The van der Waals surface area contributed by atoms with Crippen LogP contribution in [0.3, 0.4) is 0 Å². The first-order valence-electron chi connectivity index (χ1n) is 10.5. The number of anilines is 1. The number of thiazole rings is 1. The van der Waals surface area contributed by atoms with Crippen molar-refractivity contribution in [3.05, 3.63) is 64.7 Å². The van der Waals surface area contributed by atoms with Gasteiger partial charge in [0.2, 0.25) is 5.91 Å². The molecule has 1 aliphatic heterocycles. The third kappa shape index (κ3) is 5.70. The predicted molar refractivity (Wildman–Crippen MR) is 126 cm³/mol. The number of piperazine rings is 1. The largest absolute Gasteiger partial charge is 0.506 e. The van der Waals surface area contributed by atoms with Gasteiger partial charge in [0, 0.05) is 43.7 Å². The van der Waals surface area contributed by atoms with Crippen molar-refractivity contribution in [3.63, 3.8) is 0 Å². The van der Waals surface area contributed by atoms with Crippen LogP contribution < -0.4 is 5.32 Å². The van der Waals surface area contributed by atoms with E-state index in [4.69, 9.17) is 0 Å². The highest BCUT2D eigenvalue weighted by molar-refractivity contribution is 7.13. The number of likely N-dealkylation sites (N-methyl/N-ethyl adjacent to an activating group) is 1. The Labute approximate surface area is 187 Å². The van der Waals surface area contributed by atoms with E-state index in [1.807, 2.05) is 12.3 Å². The number of carbonyl (C=O) groups excluding carboxylic acids is 1. The number of amides is 1. The lowest BCUT2D eigenvalue weighted by molar-refractivity contribution is -0.115. The molecule has 162 valence electrons. The second kappa shape index (κ2) is 9.60. The molecule has 6 nitrogen and oxygen atoms in total. The molecule has 0 atom stereocenters. The number of hydrogen-bond donors (Lipinski definition) is 2. The summed E-state index contributed by atoms with van der Waals surface area (Å²) in [6.45, 7) is 7.35. The summed E-state index contributed by atoms with van der Waals surface area (Å²) < 4.78 is 0. The maximum absolute atomic E-state index is 12.4. The minimum Gasteiger partial charge on any atom is -0.506 e. The number of benzene rings is 2. The molecule has 0 unspecified atom stereocenters. The summed E-state index contributed by atoms with van der Waals surface area (Å²) in [4.78, 5) is 21.9. The zero-order valence-electron chi connectivity index (χ0n) is 18.0. The third-order valence-electron chi connectivity index (χ3n) is 5.52. The minimum absolute atomic E-state index is 0.0644. The maximum Gasteiger partial charge on any atom is 0.230 e. The van der Waals surface area contributed by atoms with E-state index >= 15 is 0 Å². The van der Waals surface area contributed by atoms with Crippen LogP contribution in [0.5, 0.6) is 5.75 Å². The smallest absolute Gasteiger partial charge is 0.230 e. The highest BCUT2D eigenvalue weighted by atomic mass is 32.1. The monoisotopic (exact) mass is 436 g/mol.